The monoisotopic (exact) mass is 560 g/mol. The van der Waals surface area contributed by atoms with Crippen LogP contribution in [0.15, 0.2) is 42.5 Å². The van der Waals surface area contributed by atoms with Crippen molar-refractivity contribution in [3.8, 4) is 0 Å². The highest BCUT2D eigenvalue weighted by Crippen LogP contribution is 2.25. The smallest absolute Gasteiger partial charge is 0.304 e. The first-order valence-electron chi connectivity index (χ1n) is 11.3. The molecule has 0 aliphatic heterocycles. The van der Waals surface area contributed by atoms with Crippen molar-refractivity contribution in [2.45, 2.75) is 45.8 Å². The first-order valence-corrected chi connectivity index (χ1v) is 13.4. The average Bonchev–Trinajstić information content (AvgIpc) is 2.82. The van der Waals surface area contributed by atoms with E-state index in [1.807, 2.05) is 13.8 Å². The van der Waals surface area contributed by atoms with Crippen molar-refractivity contribution in [1.82, 2.24) is 14.5 Å². The van der Waals surface area contributed by atoms with Crippen LogP contribution in [-0.4, -0.2) is 62.2 Å². The van der Waals surface area contributed by atoms with Crippen LogP contribution in [-0.2, 0) is 26.3 Å². The molecule has 0 spiro atoms. The van der Waals surface area contributed by atoms with E-state index in [1.54, 1.807) is 25.1 Å². The Hall–Kier alpha value is -2.40. The van der Waals surface area contributed by atoms with Gasteiger partial charge in [-0.05, 0) is 62.2 Å². The second-order valence-corrected chi connectivity index (χ2v) is 11.4. The van der Waals surface area contributed by atoms with E-state index in [0.717, 1.165) is 20.7 Å². The van der Waals surface area contributed by atoms with Crippen molar-refractivity contribution in [3.63, 3.8) is 0 Å². The highest BCUT2D eigenvalue weighted by atomic mass is 35.5. The van der Waals surface area contributed by atoms with Crippen LogP contribution in [0.4, 0.5) is 10.1 Å². The first kappa shape index (κ1) is 29.8. The van der Waals surface area contributed by atoms with Gasteiger partial charge < -0.3 is 10.2 Å². The van der Waals surface area contributed by atoms with E-state index in [9.17, 15) is 22.4 Å². The minimum Gasteiger partial charge on any atom is -0.352 e. The predicted molar refractivity (Wildman–Crippen MR) is 141 cm³/mol. The number of rotatable bonds is 11. The molecule has 0 radical (unpaired) electrons. The van der Waals surface area contributed by atoms with E-state index in [2.05, 4.69) is 5.32 Å². The molecule has 2 aromatic rings. The number of amides is 2. The summed E-state index contributed by atoms with van der Waals surface area (Å²) in [5.74, 6) is -1.58. The van der Waals surface area contributed by atoms with Gasteiger partial charge in [-0.3, -0.25) is 9.59 Å². The zero-order chi connectivity index (χ0) is 27.2. The molecule has 0 aromatic heterocycles. The molecule has 0 aliphatic carbocycles. The van der Waals surface area contributed by atoms with E-state index >= 15 is 0 Å². The van der Waals surface area contributed by atoms with Crippen molar-refractivity contribution in [1.29, 1.82) is 0 Å². The van der Waals surface area contributed by atoms with Gasteiger partial charge in [-0.1, -0.05) is 36.2 Å². The SMILES string of the molecule is CC[C@H](C)NC(=O)[C@H](C)N(Cc1ccc(Cl)c(Cl)c1)C(=O)CN(c1ccc(F)cc1)S(=O)(=O)N(C)C. The van der Waals surface area contributed by atoms with Gasteiger partial charge in [0, 0.05) is 26.7 Å². The van der Waals surface area contributed by atoms with Crippen LogP contribution in [0, 0.1) is 5.82 Å². The Morgan fingerprint density at radius 3 is 2.17 bits per heavy atom. The molecular weight excluding hydrogens is 530 g/mol. The van der Waals surface area contributed by atoms with E-state index in [0.29, 0.717) is 17.0 Å². The van der Waals surface area contributed by atoms with Crippen LogP contribution in [0.2, 0.25) is 10.0 Å². The van der Waals surface area contributed by atoms with E-state index in [4.69, 9.17) is 23.2 Å². The summed E-state index contributed by atoms with van der Waals surface area (Å²) in [6.07, 6.45) is 0.693. The van der Waals surface area contributed by atoms with Gasteiger partial charge in [0.05, 0.1) is 15.7 Å². The molecule has 0 saturated carbocycles. The summed E-state index contributed by atoms with van der Waals surface area (Å²) in [5, 5.41) is 3.46. The summed E-state index contributed by atoms with van der Waals surface area (Å²) in [4.78, 5) is 27.8. The quantitative estimate of drug-likeness (QED) is 0.448. The van der Waals surface area contributed by atoms with E-state index < -0.39 is 34.5 Å². The number of hydrogen-bond acceptors (Lipinski definition) is 4. The van der Waals surface area contributed by atoms with Crippen molar-refractivity contribution in [2.24, 2.45) is 0 Å². The second kappa shape index (κ2) is 12.7. The molecule has 1 N–H and O–H groups in total. The fraction of sp³-hybridized carbons (Fsp3) is 0.417. The molecule has 0 bridgehead atoms. The maximum Gasteiger partial charge on any atom is 0.304 e. The van der Waals surface area contributed by atoms with Crippen molar-refractivity contribution in [3.05, 3.63) is 63.9 Å². The fourth-order valence-electron chi connectivity index (χ4n) is 3.21. The fourth-order valence-corrected chi connectivity index (χ4v) is 4.58. The second-order valence-electron chi connectivity index (χ2n) is 8.54. The molecule has 0 heterocycles. The van der Waals surface area contributed by atoms with E-state index in [-0.39, 0.29) is 29.2 Å². The minimum absolute atomic E-state index is 0.0237. The number of carbonyl (C=O) groups is 2. The standard InChI is InChI=1S/C24H31Cl2FN4O4S/c1-6-16(2)28-24(33)17(3)30(14-18-7-12-21(25)22(26)13-18)23(32)15-31(36(34,35)29(4)5)20-10-8-19(27)9-11-20/h7-13,16-17H,6,14-15H2,1-5H3,(H,28,33)/t16-,17-/m0/s1. The Balaban J connectivity index is 2.46. The number of anilines is 1. The molecule has 12 heteroatoms. The van der Waals surface area contributed by atoms with Gasteiger partial charge in [0.1, 0.15) is 18.4 Å². The Morgan fingerprint density at radius 2 is 1.64 bits per heavy atom. The maximum atomic E-state index is 13.6. The van der Waals surface area contributed by atoms with Crippen LogP contribution in [0.1, 0.15) is 32.8 Å². The van der Waals surface area contributed by atoms with Gasteiger partial charge in [-0.2, -0.15) is 12.7 Å². The number of nitrogens with one attached hydrogen (secondary N) is 1. The van der Waals surface area contributed by atoms with Gasteiger partial charge in [-0.25, -0.2) is 8.70 Å². The predicted octanol–water partition coefficient (Wildman–Crippen LogP) is 4.08. The van der Waals surface area contributed by atoms with Crippen LogP contribution in [0.5, 0.6) is 0 Å². The summed E-state index contributed by atoms with van der Waals surface area (Å²) in [6, 6.07) is 8.52. The largest absolute Gasteiger partial charge is 0.352 e. The third-order valence-electron chi connectivity index (χ3n) is 5.64. The lowest BCUT2D eigenvalue weighted by Gasteiger charge is -2.33. The number of nitrogens with zero attached hydrogens (tertiary/aromatic N) is 3. The normalized spacial score (nSPS) is 13.2. The minimum atomic E-state index is -4.13. The summed E-state index contributed by atoms with van der Waals surface area (Å²) in [6.45, 7) is 4.69. The molecule has 0 unspecified atom stereocenters. The van der Waals surface area contributed by atoms with Crippen LogP contribution >= 0.6 is 23.2 Å². The number of benzene rings is 2. The lowest BCUT2D eigenvalue weighted by atomic mass is 10.1. The average molecular weight is 562 g/mol. The van der Waals surface area contributed by atoms with Crippen molar-refractivity contribution >= 4 is 50.9 Å². The maximum absolute atomic E-state index is 13.6. The Morgan fingerprint density at radius 1 is 1.03 bits per heavy atom. The summed E-state index contributed by atoms with van der Waals surface area (Å²) in [7, 11) is -1.48. The Kier molecular flexibility index (Phi) is 10.5. The molecule has 8 nitrogen and oxygen atoms in total. The topological polar surface area (TPSA) is 90.0 Å². The van der Waals surface area contributed by atoms with Crippen LogP contribution in [0.3, 0.4) is 0 Å². The number of hydrogen-bond donors (Lipinski definition) is 1. The molecule has 0 fully saturated rings. The molecule has 2 amide bonds. The van der Waals surface area contributed by atoms with Gasteiger partial charge in [-0.15, -0.1) is 0 Å². The summed E-state index contributed by atoms with van der Waals surface area (Å²) < 4.78 is 41.5. The molecule has 2 rings (SSSR count). The van der Waals surface area contributed by atoms with Gasteiger partial charge >= 0.3 is 10.2 Å². The Bertz CT molecular complexity index is 1180. The number of carbonyl (C=O) groups excluding carboxylic acids is 2. The van der Waals surface area contributed by atoms with Gasteiger partial charge in [0.2, 0.25) is 11.8 Å². The third-order valence-corrected chi connectivity index (χ3v) is 8.20. The molecule has 0 aliphatic rings. The van der Waals surface area contributed by atoms with E-state index in [1.165, 1.54) is 31.1 Å². The molecule has 0 saturated heterocycles. The third kappa shape index (κ3) is 7.55. The van der Waals surface area contributed by atoms with Crippen LogP contribution < -0.4 is 9.62 Å². The summed E-state index contributed by atoms with van der Waals surface area (Å²) >= 11 is 12.2. The molecule has 2 aromatic carbocycles. The molecular formula is C24H31Cl2FN4O4S. The number of halogens is 3. The summed E-state index contributed by atoms with van der Waals surface area (Å²) in [5.41, 5.74) is 0.703. The lowest BCUT2D eigenvalue weighted by Crippen LogP contribution is -2.53. The highest BCUT2D eigenvalue weighted by Gasteiger charge is 2.33. The first-order chi connectivity index (χ1) is 16.8. The molecule has 36 heavy (non-hydrogen) atoms. The molecule has 198 valence electrons. The van der Waals surface area contributed by atoms with Crippen LogP contribution in [0.25, 0.3) is 0 Å². The van der Waals surface area contributed by atoms with Gasteiger partial charge in [0.25, 0.3) is 0 Å². The Labute approximate surface area is 222 Å². The van der Waals surface area contributed by atoms with Crippen molar-refractivity contribution < 1.29 is 22.4 Å². The lowest BCUT2D eigenvalue weighted by molar-refractivity contribution is -0.139. The van der Waals surface area contributed by atoms with Crippen molar-refractivity contribution in [2.75, 3.05) is 24.9 Å². The zero-order valence-corrected chi connectivity index (χ0v) is 23.2. The van der Waals surface area contributed by atoms with Gasteiger partial charge in [0.15, 0.2) is 0 Å². The molecule has 2 atom stereocenters. The zero-order valence-electron chi connectivity index (χ0n) is 20.8. The highest BCUT2D eigenvalue weighted by molar-refractivity contribution is 7.90.